The second-order valence-electron chi connectivity index (χ2n) is 6.54. The summed E-state index contributed by atoms with van der Waals surface area (Å²) in [6, 6.07) is 11.9. The summed E-state index contributed by atoms with van der Waals surface area (Å²) in [5, 5.41) is 8.56. The summed E-state index contributed by atoms with van der Waals surface area (Å²) in [6.45, 7) is 3.26. The molecular formula is C19H23BrN2O2. The summed E-state index contributed by atoms with van der Waals surface area (Å²) in [7, 11) is 1.73. The third-order valence-electron chi connectivity index (χ3n) is 4.81. The number of hydrogen-bond donors (Lipinski definition) is 2. The van der Waals surface area contributed by atoms with Gasteiger partial charge in [-0.3, -0.25) is 4.79 Å². The molecule has 3 rings (SSSR count). The minimum absolute atomic E-state index is 0.0253. The van der Waals surface area contributed by atoms with E-state index in [-0.39, 0.29) is 11.3 Å². The summed E-state index contributed by atoms with van der Waals surface area (Å²) >= 11 is 3.51. The highest BCUT2D eigenvalue weighted by Gasteiger charge is 2.32. The Bertz CT molecular complexity index is 721. The van der Waals surface area contributed by atoms with Crippen LogP contribution in [0.2, 0.25) is 0 Å². The highest BCUT2D eigenvalue weighted by atomic mass is 79.9. The maximum atomic E-state index is 12.8. The quantitative estimate of drug-likeness (QED) is 0.822. The van der Waals surface area contributed by atoms with E-state index < -0.39 is 0 Å². The van der Waals surface area contributed by atoms with Crippen LogP contribution in [0.5, 0.6) is 0 Å². The number of carbonyl (C=O) groups is 1. The molecule has 0 saturated carbocycles. The zero-order valence-electron chi connectivity index (χ0n) is 13.9. The molecule has 0 aromatic heterocycles. The normalized spacial score (nSPS) is 16.9. The molecule has 1 saturated heterocycles. The first-order valence-electron chi connectivity index (χ1n) is 8.30. The lowest BCUT2D eigenvalue weighted by atomic mass is 9.79. The van der Waals surface area contributed by atoms with E-state index in [1.54, 1.807) is 7.11 Å². The molecule has 0 spiro atoms. The van der Waals surface area contributed by atoms with E-state index in [9.17, 15) is 4.79 Å². The van der Waals surface area contributed by atoms with E-state index in [0.29, 0.717) is 18.7 Å². The molecule has 24 heavy (non-hydrogen) atoms. The van der Waals surface area contributed by atoms with Crippen LogP contribution in [0.25, 0.3) is 10.8 Å². The van der Waals surface area contributed by atoms with Crippen molar-refractivity contribution >= 4 is 32.6 Å². The van der Waals surface area contributed by atoms with Crippen LogP contribution in [0.15, 0.2) is 40.9 Å². The smallest absolute Gasteiger partial charge is 0.251 e. The summed E-state index contributed by atoms with van der Waals surface area (Å²) in [5.41, 5.74) is 0.735. The highest BCUT2D eigenvalue weighted by molar-refractivity contribution is 9.10. The van der Waals surface area contributed by atoms with E-state index in [1.807, 2.05) is 36.4 Å². The van der Waals surface area contributed by atoms with Crippen molar-refractivity contribution in [1.29, 1.82) is 0 Å². The van der Waals surface area contributed by atoms with Gasteiger partial charge in [0.2, 0.25) is 0 Å². The Kier molecular flexibility index (Phi) is 5.54. The number of nitrogens with one attached hydrogen (secondary N) is 2. The predicted octanol–water partition coefficient (Wildman–Crippen LogP) is 3.35. The van der Waals surface area contributed by atoms with Crippen LogP contribution in [0.1, 0.15) is 23.2 Å². The maximum Gasteiger partial charge on any atom is 0.251 e. The molecule has 128 valence electrons. The molecule has 0 atom stereocenters. The van der Waals surface area contributed by atoms with Gasteiger partial charge in [-0.1, -0.05) is 40.2 Å². The molecule has 0 aliphatic carbocycles. The number of ether oxygens (including phenoxy) is 1. The van der Waals surface area contributed by atoms with Crippen LogP contribution >= 0.6 is 15.9 Å². The first kappa shape index (κ1) is 17.4. The molecule has 0 unspecified atom stereocenters. The Morgan fingerprint density at radius 3 is 2.79 bits per heavy atom. The first-order valence-corrected chi connectivity index (χ1v) is 9.09. The van der Waals surface area contributed by atoms with Gasteiger partial charge in [-0.2, -0.15) is 0 Å². The molecule has 2 aromatic carbocycles. The van der Waals surface area contributed by atoms with Crippen molar-refractivity contribution < 1.29 is 9.53 Å². The van der Waals surface area contributed by atoms with Crippen molar-refractivity contribution in [2.24, 2.45) is 5.41 Å². The second-order valence-corrected chi connectivity index (χ2v) is 7.46. The fraction of sp³-hybridized carbons (Fsp3) is 0.421. The Balaban J connectivity index is 1.80. The van der Waals surface area contributed by atoms with Crippen LogP contribution < -0.4 is 10.6 Å². The minimum atomic E-state index is -0.0264. The average Bonchev–Trinajstić information content (AvgIpc) is 2.60. The van der Waals surface area contributed by atoms with E-state index in [0.717, 1.165) is 41.2 Å². The Labute approximate surface area is 151 Å². The average molecular weight is 391 g/mol. The number of hydrogen-bond acceptors (Lipinski definition) is 3. The number of amides is 1. The zero-order chi connectivity index (χ0) is 17.0. The van der Waals surface area contributed by atoms with Crippen molar-refractivity contribution in [3.8, 4) is 0 Å². The number of piperidine rings is 1. The van der Waals surface area contributed by atoms with Gasteiger partial charge in [0.1, 0.15) is 0 Å². The zero-order valence-corrected chi connectivity index (χ0v) is 15.5. The summed E-state index contributed by atoms with van der Waals surface area (Å²) in [5.74, 6) is -0.0264. The van der Waals surface area contributed by atoms with Crippen LogP contribution in [0, 0.1) is 5.41 Å². The van der Waals surface area contributed by atoms with Crippen molar-refractivity contribution in [1.82, 2.24) is 10.6 Å². The van der Waals surface area contributed by atoms with Gasteiger partial charge in [-0.05, 0) is 48.8 Å². The van der Waals surface area contributed by atoms with E-state index in [1.165, 1.54) is 0 Å². The predicted molar refractivity (Wildman–Crippen MR) is 100 cm³/mol. The second kappa shape index (κ2) is 7.64. The third kappa shape index (κ3) is 3.79. The number of carbonyl (C=O) groups excluding carboxylic acids is 1. The van der Waals surface area contributed by atoms with Crippen molar-refractivity contribution in [2.75, 3.05) is 33.4 Å². The SMILES string of the molecule is COCC1(CNC(=O)c2cc(Br)cc3ccccc23)CCNCC1. The molecule has 1 fully saturated rings. The van der Waals surface area contributed by atoms with Crippen LogP contribution in [-0.4, -0.2) is 39.3 Å². The molecule has 0 bridgehead atoms. The molecule has 1 heterocycles. The van der Waals surface area contributed by atoms with Crippen molar-refractivity contribution in [3.63, 3.8) is 0 Å². The van der Waals surface area contributed by atoms with Crippen LogP contribution in [0.4, 0.5) is 0 Å². The molecule has 5 heteroatoms. The number of fused-ring (bicyclic) bond motifs is 1. The van der Waals surface area contributed by atoms with E-state index in [4.69, 9.17) is 4.74 Å². The number of benzene rings is 2. The first-order chi connectivity index (χ1) is 11.6. The fourth-order valence-corrected chi connectivity index (χ4v) is 3.94. The third-order valence-corrected chi connectivity index (χ3v) is 5.27. The van der Waals surface area contributed by atoms with Gasteiger partial charge in [-0.15, -0.1) is 0 Å². The summed E-state index contributed by atoms with van der Waals surface area (Å²) in [4.78, 5) is 12.8. The lowest BCUT2D eigenvalue weighted by molar-refractivity contribution is 0.0512. The number of rotatable bonds is 5. The van der Waals surface area contributed by atoms with Gasteiger partial charge in [0.15, 0.2) is 0 Å². The van der Waals surface area contributed by atoms with Gasteiger partial charge in [-0.25, -0.2) is 0 Å². The van der Waals surface area contributed by atoms with Gasteiger partial charge >= 0.3 is 0 Å². The fourth-order valence-electron chi connectivity index (χ4n) is 3.46. The molecule has 1 aliphatic rings. The van der Waals surface area contributed by atoms with Gasteiger partial charge in [0.25, 0.3) is 5.91 Å². The highest BCUT2D eigenvalue weighted by Crippen LogP contribution is 2.29. The van der Waals surface area contributed by atoms with Gasteiger partial charge in [0, 0.05) is 29.1 Å². The van der Waals surface area contributed by atoms with Crippen molar-refractivity contribution in [2.45, 2.75) is 12.8 Å². The topological polar surface area (TPSA) is 50.4 Å². The summed E-state index contributed by atoms with van der Waals surface area (Å²) < 4.78 is 6.34. The molecule has 1 aliphatic heterocycles. The van der Waals surface area contributed by atoms with Crippen LogP contribution in [-0.2, 0) is 4.74 Å². The lowest BCUT2D eigenvalue weighted by Gasteiger charge is -2.37. The molecule has 2 N–H and O–H groups in total. The molecule has 4 nitrogen and oxygen atoms in total. The van der Waals surface area contributed by atoms with Crippen LogP contribution in [0.3, 0.4) is 0 Å². The standard InChI is InChI=1S/C19H23BrN2O2/c1-24-13-19(6-8-21-9-7-19)12-22-18(23)17-11-15(20)10-14-4-2-3-5-16(14)17/h2-5,10-11,21H,6-9,12-13H2,1H3,(H,22,23). The Morgan fingerprint density at radius 1 is 1.29 bits per heavy atom. The molecular weight excluding hydrogens is 368 g/mol. The number of methoxy groups -OCH3 is 1. The largest absolute Gasteiger partial charge is 0.384 e. The van der Waals surface area contributed by atoms with E-state index >= 15 is 0 Å². The van der Waals surface area contributed by atoms with E-state index in [2.05, 4.69) is 26.6 Å². The molecule has 0 radical (unpaired) electrons. The monoisotopic (exact) mass is 390 g/mol. The number of halogens is 1. The molecule has 2 aromatic rings. The Morgan fingerprint density at radius 2 is 2.04 bits per heavy atom. The lowest BCUT2D eigenvalue weighted by Crippen LogP contribution is -2.47. The van der Waals surface area contributed by atoms with Gasteiger partial charge in [0.05, 0.1) is 6.61 Å². The summed E-state index contributed by atoms with van der Waals surface area (Å²) in [6.07, 6.45) is 2.03. The Hall–Kier alpha value is -1.43. The molecule has 1 amide bonds. The minimum Gasteiger partial charge on any atom is -0.384 e. The van der Waals surface area contributed by atoms with Crippen molar-refractivity contribution in [3.05, 3.63) is 46.4 Å². The maximum absolute atomic E-state index is 12.8. The van der Waals surface area contributed by atoms with Gasteiger partial charge < -0.3 is 15.4 Å².